The Morgan fingerprint density at radius 2 is 1.77 bits per heavy atom. The highest BCUT2D eigenvalue weighted by Crippen LogP contribution is 2.27. The van der Waals surface area contributed by atoms with Gasteiger partial charge in [-0.2, -0.15) is 4.31 Å². The van der Waals surface area contributed by atoms with E-state index in [-0.39, 0.29) is 19.0 Å². The summed E-state index contributed by atoms with van der Waals surface area (Å²) in [4.78, 5) is 23.2. The number of hydrogen-bond acceptors (Lipinski definition) is 5. The number of carbonyl (C=O) groups excluding carboxylic acids is 1. The lowest BCUT2D eigenvalue weighted by Gasteiger charge is -2.34. The Bertz CT molecular complexity index is 1200. The Hall–Kier alpha value is -3.04. The zero-order chi connectivity index (χ0) is 21.4. The molecule has 0 spiro atoms. The molecule has 3 aromatic rings. The number of aryl methyl sites for hydroxylation is 2. The van der Waals surface area contributed by atoms with Crippen LogP contribution in [-0.4, -0.2) is 64.2 Å². The minimum absolute atomic E-state index is 0.140. The fourth-order valence-electron chi connectivity index (χ4n) is 4.23. The van der Waals surface area contributed by atoms with Gasteiger partial charge in [0.15, 0.2) is 0 Å². The van der Waals surface area contributed by atoms with E-state index < -0.39 is 10.0 Å². The molecule has 160 valence electrons. The second-order valence-electron chi connectivity index (χ2n) is 7.86. The maximum atomic E-state index is 13.1. The summed E-state index contributed by atoms with van der Waals surface area (Å²) in [5.74, 6) is 0.540. The fraction of sp³-hybridized carbons (Fsp3) is 0.318. The van der Waals surface area contributed by atoms with Crippen LogP contribution in [0.5, 0.6) is 0 Å². The predicted molar refractivity (Wildman–Crippen MR) is 114 cm³/mol. The molecule has 8 nitrogen and oxygen atoms in total. The largest absolute Gasteiger partial charge is 0.336 e. The molecule has 1 amide bonds. The molecule has 0 atom stereocenters. The molecular formula is C22H23N5O3S. The molecule has 1 aliphatic heterocycles. The summed E-state index contributed by atoms with van der Waals surface area (Å²) in [7, 11) is -3.55. The van der Waals surface area contributed by atoms with Crippen molar-refractivity contribution in [2.45, 2.75) is 24.2 Å². The molecule has 0 saturated carbocycles. The van der Waals surface area contributed by atoms with Gasteiger partial charge in [0.2, 0.25) is 10.0 Å². The second kappa shape index (κ2) is 7.90. The van der Waals surface area contributed by atoms with E-state index >= 15 is 0 Å². The quantitative estimate of drug-likeness (QED) is 0.622. The molecule has 0 N–H and O–H groups in total. The van der Waals surface area contributed by atoms with Crippen LogP contribution in [-0.2, 0) is 22.9 Å². The van der Waals surface area contributed by atoms with Gasteiger partial charge in [-0.1, -0.05) is 6.07 Å². The average Bonchev–Trinajstić information content (AvgIpc) is 3.50. The van der Waals surface area contributed by atoms with Crippen LogP contribution < -0.4 is 0 Å². The van der Waals surface area contributed by atoms with Crippen molar-refractivity contribution in [3.63, 3.8) is 0 Å². The highest BCUT2D eigenvalue weighted by molar-refractivity contribution is 7.89. The van der Waals surface area contributed by atoms with Crippen LogP contribution in [0.3, 0.4) is 0 Å². The number of nitrogens with zero attached hydrogens (tertiary/aromatic N) is 5. The number of benzene rings is 1. The Morgan fingerprint density at radius 3 is 2.48 bits per heavy atom. The van der Waals surface area contributed by atoms with E-state index in [1.807, 2.05) is 12.1 Å². The van der Waals surface area contributed by atoms with E-state index in [1.54, 1.807) is 52.6 Å². The summed E-state index contributed by atoms with van der Waals surface area (Å²) in [6.07, 6.45) is 9.68. The number of sulfonamides is 1. The van der Waals surface area contributed by atoms with Crippen molar-refractivity contribution in [3.8, 4) is 5.82 Å². The van der Waals surface area contributed by atoms with Crippen molar-refractivity contribution >= 4 is 15.9 Å². The van der Waals surface area contributed by atoms with Crippen molar-refractivity contribution in [1.29, 1.82) is 0 Å². The van der Waals surface area contributed by atoms with E-state index in [0.29, 0.717) is 29.4 Å². The molecule has 1 saturated heterocycles. The molecule has 1 aromatic carbocycles. The molecule has 31 heavy (non-hydrogen) atoms. The number of fused-ring (bicyclic) bond motifs is 1. The fourth-order valence-corrected chi connectivity index (χ4v) is 5.71. The van der Waals surface area contributed by atoms with Crippen molar-refractivity contribution in [2.24, 2.45) is 0 Å². The van der Waals surface area contributed by atoms with Crippen LogP contribution in [0.2, 0.25) is 0 Å². The number of piperazine rings is 1. The summed E-state index contributed by atoms with van der Waals surface area (Å²) < 4.78 is 29.4. The van der Waals surface area contributed by atoms with Gasteiger partial charge < -0.3 is 4.90 Å². The Balaban J connectivity index is 1.25. The summed E-state index contributed by atoms with van der Waals surface area (Å²) in [5.41, 5.74) is 2.88. The van der Waals surface area contributed by atoms with Gasteiger partial charge in [0.25, 0.3) is 5.91 Å². The topological polar surface area (TPSA) is 88.4 Å². The van der Waals surface area contributed by atoms with Crippen LogP contribution in [0.15, 0.2) is 60.1 Å². The molecule has 1 fully saturated rings. The molecule has 0 unspecified atom stereocenters. The molecule has 2 aliphatic rings. The molecule has 5 rings (SSSR count). The minimum Gasteiger partial charge on any atom is -0.336 e. The van der Waals surface area contributed by atoms with E-state index in [1.165, 1.54) is 9.87 Å². The van der Waals surface area contributed by atoms with Crippen LogP contribution in [0.25, 0.3) is 5.82 Å². The Kier molecular flexibility index (Phi) is 5.07. The van der Waals surface area contributed by atoms with E-state index in [0.717, 1.165) is 24.8 Å². The third-order valence-electron chi connectivity index (χ3n) is 6.00. The number of aromatic nitrogens is 3. The molecular weight excluding hydrogens is 414 g/mol. The van der Waals surface area contributed by atoms with Gasteiger partial charge in [0.05, 0.1) is 10.5 Å². The first-order valence-corrected chi connectivity index (χ1v) is 11.8. The minimum atomic E-state index is -3.55. The zero-order valence-corrected chi connectivity index (χ0v) is 17.8. The van der Waals surface area contributed by atoms with Crippen molar-refractivity contribution in [1.82, 2.24) is 23.7 Å². The number of pyridine rings is 1. The summed E-state index contributed by atoms with van der Waals surface area (Å²) in [6.45, 7) is 1.27. The SMILES string of the molecule is O=C(c1ccc(-n2ccnc2)nc1)N1CCN(S(=O)(=O)c2ccc3c(c2)CCC3)CC1. The van der Waals surface area contributed by atoms with E-state index in [9.17, 15) is 13.2 Å². The molecule has 3 heterocycles. The first kappa shape index (κ1) is 19.9. The van der Waals surface area contributed by atoms with Crippen molar-refractivity contribution in [3.05, 3.63) is 71.9 Å². The lowest BCUT2D eigenvalue weighted by molar-refractivity contribution is 0.0697. The van der Waals surface area contributed by atoms with Gasteiger partial charge in [-0.3, -0.25) is 9.36 Å². The lowest BCUT2D eigenvalue weighted by atomic mass is 10.1. The number of hydrogen-bond donors (Lipinski definition) is 0. The number of imidazole rings is 1. The molecule has 9 heteroatoms. The second-order valence-corrected chi connectivity index (χ2v) is 9.79. The summed E-state index contributed by atoms with van der Waals surface area (Å²) in [5, 5.41) is 0. The maximum Gasteiger partial charge on any atom is 0.255 e. The van der Waals surface area contributed by atoms with E-state index in [2.05, 4.69) is 9.97 Å². The average molecular weight is 438 g/mol. The van der Waals surface area contributed by atoms with Gasteiger partial charge in [0, 0.05) is 44.8 Å². The molecule has 1 aliphatic carbocycles. The zero-order valence-electron chi connectivity index (χ0n) is 17.0. The lowest BCUT2D eigenvalue weighted by Crippen LogP contribution is -2.50. The van der Waals surface area contributed by atoms with Crippen LogP contribution in [0.4, 0.5) is 0 Å². The van der Waals surface area contributed by atoms with E-state index in [4.69, 9.17) is 0 Å². The van der Waals surface area contributed by atoms with Gasteiger partial charge >= 0.3 is 0 Å². The molecule has 2 aromatic heterocycles. The Morgan fingerprint density at radius 1 is 0.968 bits per heavy atom. The van der Waals surface area contributed by atoms with Crippen molar-refractivity contribution < 1.29 is 13.2 Å². The monoisotopic (exact) mass is 437 g/mol. The van der Waals surface area contributed by atoms with Gasteiger partial charge in [0.1, 0.15) is 12.1 Å². The maximum absolute atomic E-state index is 13.1. The normalized spacial score (nSPS) is 17.0. The highest BCUT2D eigenvalue weighted by atomic mass is 32.2. The third-order valence-corrected chi connectivity index (χ3v) is 7.89. The molecule has 0 radical (unpaired) electrons. The summed E-state index contributed by atoms with van der Waals surface area (Å²) >= 11 is 0. The third kappa shape index (κ3) is 3.75. The summed E-state index contributed by atoms with van der Waals surface area (Å²) in [6, 6.07) is 8.98. The van der Waals surface area contributed by atoms with Gasteiger partial charge in [-0.05, 0) is 54.7 Å². The van der Waals surface area contributed by atoms with Gasteiger partial charge in [-0.25, -0.2) is 18.4 Å². The standard InChI is InChI=1S/C22H23N5O3S/c28-22(19-5-7-21(24-15-19)26-9-8-23-16-26)25-10-12-27(13-11-25)31(29,30)20-6-4-17-2-1-3-18(17)14-20/h4-9,14-16H,1-3,10-13H2. The van der Waals surface area contributed by atoms with Crippen LogP contribution in [0, 0.1) is 0 Å². The number of rotatable bonds is 4. The first-order valence-electron chi connectivity index (χ1n) is 10.4. The van der Waals surface area contributed by atoms with Crippen molar-refractivity contribution in [2.75, 3.05) is 26.2 Å². The number of amides is 1. The van der Waals surface area contributed by atoms with Gasteiger partial charge in [-0.15, -0.1) is 0 Å². The van der Waals surface area contributed by atoms with Crippen LogP contribution in [0.1, 0.15) is 27.9 Å². The number of carbonyl (C=O) groups is 1. The molecule has 0 bridgehead atoms. The predicted octanol–water partition coefficient (Wildman–Crippen LogP) is 1.90. The smallest absolute Gasteiger partial charge is 0.255 e. The van der Waals surface area contributed by atoms with Crippen LogP contribution >= 0.6 is 0 Å². The highest BCUT2D eigenvalue weighted by Gasteiger charge is 2.31. The first-order chi connectivity index (χ1) is 15.0. The Labute approximate surface area is 181 Å².